The maximum atomic E-state index is 13.2. The van der Waals surface area contributed by atoms with Gasteiger partial charge in [0.05, 0.1) is 23.7 Å². The molecule has 3 atom stereocenters. The average Bonchev–Trinajstić information content (AvgIpc) is 3.53. The van der Waals surface area contributed by atoms with Gasteiger partial charge in [-0.1, -0.05) is 23.8 Å². The minimum atomic E-state index is -0.716. The van der Waals surface area contributed by atoms with E-state index >= 15 is 0 Å². The van der Waals surface area contributed by atoms with Crippen LogP contribution in [0.25, 0.3) is 5.76 Å². The van der Waals surface area contributed by atoms with E-state index in [1.807, 2.05) is 37.4 Å². The number of nitrogens with zero attached hydrogens (tertiary/aromatic N) is 2. The third-order valence-corrected chi connectivity index (χ3v) is 8.71. The highest BCUT2D eigenvalue weighted by molar-refractivity contribution is 7.09. The molecule has 0 spiro atoms. The summed E-state index contributed by atoms with van der Waals surface area (Å²) in [7, 11) is 3.35. The van der Waals surface area contributed by atoms with E-state index in [-0.39, 0.29) is 24.6 Å². The lowest BCUT2D eigenvalue weighted by Gasteiger charge is -2.24. The standard InChI is InChI=1S/C30H39ClN4O4S/c1-19-18-40-27(32-19)13-12-25(22-10-11-26(38-4)28(31)20(22)2)39-16-14-23-29(36)33-24-17-21(24)9-7-5-6-8-15-35(3)30(37)34-23/h7,9-12,18,21,23-24H,5-6,8,13-17H2,1-4H3,(H,33,36)(H,34,37)/b9-7-,25-12+/t21-,23?,24?/m1/s1. The Morgan fingerprint density at radius 1 is 1.25 bits per heavy atom. The quantitative estimate of drug-likeness (QED) is 0.307. The van der Waals surface area contributed by atoms with Crippen LogP contribution in [0.5, 0.6) is 5.75 Å². The minimum Gasteiger partial charge on any atom is -0.495 e. The lowest BCUT2D eigenvalue weighted by Crippen LogP contribution is -2.51. The van der Waals surface area contributed by atoms with Gasteiger partial charge in [-0.15, -0.1) is 11.3 Å². The van der Waals surface area contributed by atoms with Crippen LogP contribution in [0.4, 0.5) is 4.79 Å². The smallest absolute Gasteiger partial charge is 0.317 e. The molecule has 1 aromatic heterocycles. The summed E-state index contributed by atoms with van der Waals surface area (Å²) in [4.78, 5) is 32.3. The van der Waals surface area contributed by atoms with Crippen molar-refractivity contribution in [2.75, 3.05) is 27.3 Å². The van der Waals surface area contributed by atoms with Gasteiger partial charge in [0.1, 0.15) is 17.6 Å². The fraction of sp³-hybridized carbons (Fsp3) is 0.500. The molecule has 8 nitrogen and oxygen atoms in total. The van der Waals surface area contributed by atoms with Gasteiger partial charge in [-0.3, -0.25) is 4.79 Å². The molecule has 2 aromatic rings. The van der Waals surface area contributed by atoms with Gasteiger partial charge in [0.2, 0.25) is 5.91 Å². The summed E-state index contributed by atoms with van der Waals surface area (Å²) in [5.74, 6) is 1.42. The van der Waals surface area contributed by atoms with Crippen molar-refractivity contribution in [3.8, 4) is 5.75 Å². The molecule has 10 heteroatoms. The number of rotatable bonds is 8. The second-order valence-electron chi connectivity index (χ2n) is 10.4. The Balaban J connectivity index is 1.50. The zero-order valence-electron chi connectivity index (χ0n) is 23.7. The molecular weight excluding hydrogens is 548 g/mol. The number of ether oxygens (including phenoxy) is 2. The highest BCUT2D eigenvalue weighted by atomic mass is 35.5. The molecule has 1 aliphatic carbocycles. The first-order chi connectivity index (χ1) is 19.3. The predicted octanol–water partition coefficient (Wildman–Crippen LogP) is 5.67. The summed E-state index contributed by atoms with van der Waals surface area (Å²) in [6.07, 6.45) is 11.2. The van der Waals surface area contributed by atoms with E-state index in [0.29, 0.717) is 41.8 Å². The molecule has 2 aliphatic rings. The maximum Gasteiger partial charge on any atom is 0.317 e. The van der Waals surface area contributed by atoms with E-state index in [9.17, 15) is 9.59 Å². The molecule has 40 heavy (non-hydrogen) atoms. The number of aromatic nitrogens is 1. The number of hydrogen-bond donors (Lipinski definition) is 2. The Morgan fingerprint density at radius 3 is 2.83 bits per heavy atom. The maximum absolute atomic E-state index is 13.2. The van der Waals surface area contributed by atoms with Crippen molar-refractivity contribution in [3.63, 3.8) is 0 Å². The topological polar surface area (TPSA) is 92.8 Å². The van der Waals surface area contributed by atoms with Crippen LogP contribution in [0.1, 0.15) is 53.9 Å². The Morgan fingerprint density at radius 2 is 2.08 bits per heavy atom. The van der Waals surface area contributed by atoms with Crippen molar-refractivity contribution in [2.24, 2.45) is 5.92 Å². The first-order valence-corrected chi connectivity index (χ1v) is 15.1. The number of benzene rings is 1. The van der Waals surface area contributed by atoms with E-state index in [0.717, 1.165) is 47.5 Å². The summed E-state index contributed by atoms with van der Waals surface area (Å²) in [5, 5.41) is 9.56. The van der Waals surface area contributed by atoms with E-state index in [1.54, 1.807) is 30.4 Å². The first kappa shape index (κ1) is 29.9. The number of halogens is 1. The number of nitrogens with one attached hydrogen (secondary N) is 2. The molecule has 0 saturated heterocycles. The minimum absolute atomic E-state index is 0.117. The fourth-order valence-electron chi connectivity index (χ4n) is 4.68. The third kappa shape index (κ3) is 8.01. The van der Waals surface area contributed by atoms with Crippen molar-refractivity contribution in [2.45, 2.75) is 64.5 Å². The summed E-state index contributed by atoms with van der Waals surface area (Å²) in [6, 6.07) is 2.88. The molecule has 2 N–H and O–H groups in total. The number of urea groups is 1. The molecule has 1 fully saturated rings. The number of carbonyl (C=O) groups excluding carboxylic acids is 2. The third-order valence-electron chi connectivity index (χ3n) is 7.25. The Hall–Kier alpha value is -3.04. The van der Waals surface area contributed by atoms with Crippen LogP contribution < -0.4 is 15.4 Å². The van der Waals surface area contributed by atoms with Gasteiger partial charge >= 0.3 is 6.03 Å². The van der Waals surface area contributed by atoms with Gasteiger partial charge in [0, 0.05) is 49.1 Å². The number of allylic oxidation sites excluding steroid dienone is 2. The SMILES string of the molecule is COc1ccc(/C(=C\Cc2nc(C)cs2)OCCC2NC(=O)N(C)CCCC/C=C\[C@@H]3CC3NC2=O)c(C)c1Cl. The van der Waals surface area contributed by atoms with Gasteiger partial charge in [0.15, 0.2) is 0 Å². The van der Waals surface area contributed by atoms with Crippen LogP contribution in [0, 0.1) is 19.8 Å². The van der Waals surface area contributed by atoms with Gasteiger partial charge in [-0.25, -0.2) is 9.78 Å². The van der Waals surface area contributed by atoms with E-state index < -0.39 is 6.04 Å². The van der Waals surface area contributed by atoms with Gasteiger partial charge in [-0.2, -0.15) is 0 Å². The first-order valence-electron chi connectivity index (χ1n) is 13.8. The molecule has 2 unspecified atom stereocenters. The number of fused-ring (bicyclic) bond motifs is 1. The summed E-state index contributed by atoms with van der Waals surface area (Å²) in [5.41, 5.74) is 2.65. The van der Waals surface area contributed by atoms with Crippen LogP contribution >= 0.6 is 22.9 Å². The Bertz CT molecular complexity index is 1260. The van der Waals surface area contributed by atoms with Crippen LogP contribution in [-0.4, -0.2) is 61.2 Å². The Labute approximate surface area is 245 Å². The monoisotopic (exact) mass is 586 g/mol. The second-order valence-corrected chi connectivity index (χ2v) is 11.7. The number of hydrogen-bond acceptors (Lipinski definition) is 6. The van der Waals surface area contributed by atoms with Crippen molar-refractivity contribution in [3.05, 3.63) is 62.6 Å². The van der Waals surface area contributed by atoms with Crippen LogP contribution in [0.3, 0.4) is 0 Å². The summed E-state index contributed by atoms with van der Waals surface area (Å²) < 4.78 is 11.7. The normalized spacial score (nSPS) is 23.0. The number of amides is 3. The molecule has 216 valence electrons. The average molecular weight is 587 g/mol. The number of thiazole rings is 1. The number of aryl methyl sites for hydroxylation is 1. The zero-order valence-corrected chi connectivity index (χ0v) is 25.2. The summed E-state index contributed by atoms with van der Waals surface area (Å²) >= 11 is 8.16. The largest absolute Gasteiger partial charge is 0.495 e. The highest BCUT2D eigenvalue weighted by Crippen LogP contribution is 2.34. The molecule has 1 aromatic carbocycles. The van der Waals surface area contributed by atoms with E-state index in [4.69, 9.17) is 21.1 Å². The van der Waals surface area contributed by atoms with Crippen molar-refractivity contribution in [1.29, 1.82) is 0 Å². The molecule has 2 heterocycles. The lowest BCUT2D eigenvalue weighted by molar-refractivity contribution is -0.123. The van der Waals surface area contributed by atoms with Gasteiger partial charge < -0.3 is 25.0 Å². The zero-order chi connectivity index (χ0) is 28.6. The number of methoxy groups -OCH3 is 1. The number of carbonyl (C=O) groups is 2. The van der Waals surface area contributed by atoms with Crippen LogP contribution in [-0.2, 0) is 16.0 Å². The summed E-state index contributed by atoms with van der Waals surface area (Å²) in [6.45, 7) is 4.75. The van der Waals surface area contributed by atoms with Crippen LogP contribution in [0.2, 0.25) is 5.02 Å². The van der Waals surface area contributed by atoms with Gasteiger partial charge in [0.25, 0.3) is 0 Å². The van der Waals surface area contributed by atoms with Crippen molar-refractivity contribution in [1.82, 2.24) is 20.5 Å². The van der Waals surface area contributed by atoms with Gasteiger partial charge in [-0.05, 0) is 69.2 Å². The molecule has 0 bridgehead atoms. The second kappa shape index (κ2) is 14.0. The Kier molecular flexibility index (Phi) is 10.5. The van der Waals surface area contributed by atoms with E-state index in [1.165, 1.54) is 0 Å². The van der Waals surface area contributed by atoms with E-state index in [2.05, 4.69) is 27.8 Å². The lowest BCUT2D eigenvalue weighted by atomic mass is 10.1. The van der Waals surface area contributed by atoms with Crippen molar-refractivity contribution >= 4 is 40.6 Å². The highest BCUT2D eigenvalue weighted by Gasteiger charge is 2.37. The molecule has 1 aliphatic heterocycles. The fourth-order valence-corrected chi connectivity index (χ4v) is 5.66. The molecule has 3 amide bonds. The van der Waals surface area contributed by atoms with Crippen molar-refractivity contribution < 1.29 is 19.1 Å². The molecule has 1 saturated carbocycles. The van der Waals surface area contributed by atoms with Crippen LogP contribution in [0.15, 0.2) is 35.7 Å². The molecular formula is C30H39ClN4O4S. The molecule has 0 radical (unpaired) electrons. The molecule has 4 rings (SSSR count). The predicted molar refractivity (Wildman–Crippen MR) is 160 cm³/mol.